The Bertz CT molecular complexity index is 1430. The van der Waals surface area contributed by atoms with E-state index in [0.717, 1.165) is 66.8 Å². The summed E-state index contributed by atoms with van der Waals surface area (Å²) in [6.45, 7) is 9.55. The van der Waals surface area contributed by atoms with Crippen LogP contribution < -0.4 is 5.32 Å². The van der Waals surface area contributed by atoms with E-state index in [-0.39, 0.29) is 18.1 Å². The molecule has 1 aliphatic carbocycles. The van der Waals surface area contributed by atoms with Gasteiger partial charge in [-0.2, -0.15) is 0 Å². The highest BCUT2D eigenvalue weighted by molar-refractivity contribution is 5.82. The number of fused-ring (bicyclic) bond motifs is 3. The maximum Gasteiger partial charge on any atom is 0.312 e. The summed E-state index contributed by atoms with van der Waals surface area (Å²) in [5.41, 5.74) is 7.09. The zero-order chi connectivity index (χ0) is 27.3. The predicted molar refractivity (Wildman–Crippen MR) is 150 cm³/mol. The summed E-state index contributed by atoms with van der Waals surface area (Å²) in [4.78, 5) is 15.8. The van der Waals surface area contributed by atoms with E-state index in [1.54, 1.807) is 4.68 Å². The molecule has 39 heavy (non-hydrogen) atoms. The van der Waals surface area contributed by atoms with Crippen LogP contribution >= 0.6 is 0 Å². The Balaban J connectivity index is 1.42. The van der Waals surface area contributed by atoms with Gasteiger partial charge in [0.2, 0.25) is 0 Å². The first kappa shape index (κ1) is 26.2. The molecular formula is C31H39N5O3. The number of esters is 1. The van der Waals surface area contributed by atoms with Gasteiger partial charge >= 0.3 is 5.97 Å². The molecule has 1 N–H and O–H groups in total. The Morgan fingerprint density at radius 1 is 1.26 bits per heavy atom. The van der Waals surface area contributed by atoms with Crippen LogP contribution in [0.4, 0.5) is 0 Å². The fraction of sp³-hybridized carbons (Fsp3) is 0.516. The number of benzene rings is 2. The minimum absolute atomic E-state index is 0.0939. The molecule has 2 aromatic carbocycles. The standard InChI is InChI=1S/C31H39N5O3/c1-19-23(11-13-26-28(19)33-34-35(26)4)27(31(2,3)30(37)38-5)21-9-8-20-10-12-25(24(20)17-21)36-15-16-39-29-22(18-36)7-6-14-32-29/h6-9,11,13,17,22,25,27,29,32H,10,12,14-16,18H2,1-5H3. The highest BCUT2D eigenvalue weighted by Crippen LogP contribution is 2.46. The topological polar surface area (TPSA) is 81.5 Å². The fourth-order valence-electron chi connectivity index (χ4n) is 7.05. The molecule has 2 aliphatic heterocycles. The largest absolute Gasteiger partial charge is 0.469 e. The molecule has 0 amide bonds. The molecule has 206 valence electrons. The number of carbonyl (C=O) groups is 1. The second-order valence-electron chi connectivity index (χ2n) is 11.8. The summed E-state index contributed by atoms with van der Waals surface area (Å²) in [7, 11) is 3.38. The number of ether oxygens (including phenoxy) is 2. The average Bonchev–Trinajstić information content (AvgIpc) is 3.46. The van der Waals surface area contributed by atoms with Gasteiger partial charge in [-0.1, -0.05) is 41.6 Å². The van der Waals surface area contributed by atoms with Crippen LogP contribution in [0.3, 0.4) is 0 Å². The summed E-state index contributed by atoms with van der Waals surface area (Å²) in [5, 5.41) is 12.2. The molecule has 1 fully saturated rings. The predicted octanol–water partition coefficient (Wildman–Crippen LogP) is 4.03. The second-order valence-corrected chi connectivity index (χ2v) is 11.8. The molecule has 0 saturated carbocycles. The van der Waals surface area contributed by atoms with Crippen molar-refractivity contribution in [3.05, 3.63) is 70.3 Å². The van der Waals surface area contributed by atoms with Crippen molar-refractivity contribution in [3.63, 3.8) is 0 Å². The maximum absolute atomic E-state index is 13.2. The number of nitrogens with zero attached hydrogens (tertiary/aromatic N) is 4. The van der Waals surface area contributed by atoms with Gasteiger partial charge < -0.3 is 9.47 Å². The van der Waals surface area contributed by atoms with Crippen LogP contribution in [0.25, 0.3) is 11.0 Å². The first-order valence-electron chi connectivity index (χ1n) is 14.0. The van der Waals surface area contributed by atoms with Gasteiger partial charge in [0.15, 0.2) is 0 Å². The Labute approximate surface area is 230 Å². The zero-order valence-corrected chi connectivity index (χ0v) is 23.6. The molecule has 6 rings (SSSR count). The summed E-state index contributed by atoms with van der Waals surface area (Å²) >= 11 is 0. The molecule has 8 nitrogen and oxygen atoms in total. The SMILES string of the molecule is COC(=O)C(C)(C)C(c1ccc2c(c1)C(N1CCOC3NCC=CC3C1)CC2)c1ccc2c(nnn2C)c1C. The number of hydrogen-bond acceptors (Lipinski definition) is 7. The summed E-state index contributed by atoms with van der Waals surface area (Å²) in [5.74, 6) is -0.0819. The quantitative estimate of drug-likeness (QED) is 0.395. The van der Waals surface area contributed by atoms with E-state index in [9.17, 15) is 4.79 Å². The van der Waals surface area contributed by atoms with Crippen LogP contribution in [0.2, 0.25) is 0 Å². The smallest absolute Gasteiger partial charge is 0.312 e. The lowest BCUT2D eigenvalue weighted by Crippen LogP contribution is -2.43. The van der Waals surface area contributed by atoms with Crippen molar-refractivity contribution in [3.8, 4) is 0 Å². The molecule has 1 aromatic heterocycles. The van der Waals surface area contributed by atoms with Crippen LogP contribution in [0, 0.1) is 18.3 Å². The first-order valence-corrected chi connectivity index (χ1v) is 14.0. The molecular weight excluding hydrogens is 490 g/mol. The van der Waals surface area contributed by atoms with Crippen molar-refractivity contribution >= 4 is 17.0 Å². The van der Waals surface area contributed by atoms with Gasteiger partial charge in [0.25, 0.3) is 0 Å². The Kier molecular flexibility index (Phi) is 6.81. The molecule has 3 heterocycles. The van der Waals surface area contributed by atoms with Crippen LogP contribution in [0.1, 0.15) is 60.0 Å². The van der Waals surface area contributed by atoms with E-state index >= 15 is 0 Å². The summed E-state index contributed by atoms with van der Waals surface area (Å²) in [6.07, 6.45) is 6.78. The Hall–Kier alpha value is -3.07. The maximum atomic E-state index is 13.2. The van der Waals surface area contributed by atoms with Crippen molar-refractivity contribution < 1.29 is 14.3 Å². The number of aryl methyl sites for hydroxylation is 3. The number of rotatable bonds is 5. The van der Waals surface area contributed by atoms with Gasteiger partial charge in [0, 0.05) is 44.6 Å². The average molecular weight is 530 g/mol. The normalized spacial score (nSPS) is 24.3. The summed E-state index contributed by atoms with van der Waals surface area (Å²) in [6, 6.07) is 11.4. The van der Waals surface area contributed by atoms with Crippen molar-refractivity contribution in [2.45, 2.75) is 51.8 Å². The lowest BCUT2D eigenvalue weighted by Gasteiger charge is -2.35. The molecule has 0 radical (unpaired) electrons. The molecule has 1 saturated heterocycles. The summed E-state index contributed by atoms with van der Waals surface area (Å²) < 4.78 is 13.3. The van der Waals surface area contributed by atoms with E-state index in [1.807, 2.05) is 20.9 Å². The molecule has 8 heteroatoms. The molecule has 4 unspecified atom stereocenters. The van der Waals surface area contributed by atoms with Crippen molar-refractivity contribution in [1.82, 2.24) is 25.2 Å². The number of aromatic nitrogens is 3. The zero-order valence-electron chi connectivity index (χ0n) is 23.6. The Morgan fingerprint density at radius 2 is 2.10 bits per heavy atom. The fourth-order valence-corrected chi connectivity index (χ4v) is 7.05. The number of nitrogens with one attached hydrogen (secondary N) is 1. The molecule has 4 atom stereocenters. The number of hydrogen-bond donors (Lipinski definition) is 1. The van der Waals surface area contributed by atoms with Gasteiger partial charge in [-0.3, -0.25) is 15.0 Å². The van der Waals surface area contributed by atoms with Crippen LogP contribution in [-0.2, 0) is 27.7 Å². The monoisotopic (exact) mass is 529 g/mol. The van der Waals surface area contributed by atoms with E-state index in [1.165, 1.54) is 18.2 Å². The van der Waals surface area contributed by atoms with Gasteiger partial charge in [-0.25, -0.2) is 4.68 Å². The highest BCUT2D eigenvalue weighted by Gasteiger charge is 2.42. The van der Waals surface area contributed by atoms with Gasteiger partial charge in [-0.15, -0.1) is 5.10 Å². The lowest BCUT2D eigenvalue weighted by atomic mass is 9.69. The van der Waals surface area contributed by atoms with E-state index < -0.39 is 5.41 Å². The van der Waals surface area contributed by atoms with E-state index in [0.29, 0.717) is 12.0 Å². The second kappa shape index (κ2) is 10.2. The van der Waals surface area contributed by atoms with Gasteiger partial charge in [-0.05, 0) is 67.5 Å². The number of methoxy groups -OCH3 is 1. The minimum Gasteiger partial charge on any atom is -0.469 e. The first-order chi connectivity index (χ1) is 18.8. The third-order valence-electron chi connectivity index (χ3n) is 9.14. The van der Waals surface area contributed by atoms with Crippen LogP contribution in [-0.4, -0.2) is 65.4 Å². The molecule has 3 aliphatic rings. The van der Waals surface area contributed by atoms with Gasteiger partial charge in [0.05, 0.1) is 24.6 Å². The minimum atomic E-state index is -0.792. The molecule has 3 aromatic rings. The third-order valence-corrected chi connectivity index (χ3v) is 9.14. The highest BCUT2D eigenvalue weighted by atomic mass is 16.5. The van der Waals surface area contributed by atoms with Crippen LogP contribution in [0.15, 0.2) is 42.5 Å². The van der Waals surface area contributed by atoms with Crippen molar-refractivity contribution in [2.75, 3.05) is 33.4 Å². The number of carbonyl (C=O) groups excluding carboxylic acids is 1. The third kappa shape index (κ3) is 4.48. The lowest BCUT2D eigenvalue weighted by molar-refractivity contribution is -0.151. The molecule has 0 bridgehead atoms. The van der Waals surface area contributed by atoms with Crippen molar-refractivity contribution in [1.29, 1.82) is 0 Å². The van der Waals surface area contributed by atoms with Gasteiger partial charge in [0.1, 0.15) is 11.7 Å². The van der Waals surface area contributed by atoms with Crippen molar-refractivity contribution in [2.24, 2.45) is 18.4 Å². The Morgan fingerprint density at radius 3 is 2.92 bits per heavy atom. The van der Waals surface area contributed by atoms with E-state index in [2.05, 4.69) is 69.9 Å². The van der Waals surface area contributed by atoms with Crippen LogP contribution in [0.5, 0.6) is 0 Å². The molecule has 0 spiro atoms. The van der Waals surface area contributed by atoms with E-state index in [4.69, 9.17) is 9.47 Å².